The van der Waals surface area contributed by atoms with Gasteiger partial charge in [0.1, 0.15) is 5.82 Å². The first-order valence-electron chi connectivity index (χ1n) is 7.32. The third kappa shape index (κ3) is 2.38. The molecule has 20 heavy (non-hydrogen) atoms. The lowest BCUT2D eigenvalue weighted by Gasteiger charge is -2.19. The van der Waals surface area contributed by atoms with Crippen molar-refractivity contribution in [2.75, 3.05) is 24.6 Å². The summed E-state index contributed by atoms with van der Waals surface area (Å²) >= 11 is 0. The van der Waals surface area contributed by atoms with Crippen molar-refractivity contribution in [3.05, 3.63) is 23.9 Å². The molecule has 1 saturated carbocycles. The zero-order valence-corrected chi connectivity index (χ0v) is 11.8. The number of rotatable bonds is 3. The Morgan fingerprint density at radius 2 is 2.30 bits per heavy atom. The molecule has 1 saturated heterocycles. The summed E-state index contributed by atoms with van der Waals surface area (Å²) in [4.78, 5) is 18.3. The average Bonchev–Trinajstić information content (AvgIpc) is 3.02. The van der Waals surface area contributed by atoms with Crippen molar-refractivity contribution in [1.82, 2.24) is 4.98 Å². The maximum atomic E-state index is 11.6. The maximum absolute atomic E-state index is 11.6. The molecule has 0 amide bonds. The fraction of sp³-hybridized carbons (Fsp3) is 0.600. The summed E-state index contributed by atoms with van der Waals surface area (Å²) in [6.07, 6.45) is 3.98. The first kappa shape index (κ1) is 13.4. The van der Waals surface area contributed by atoms with Crippen molar-refractivity contribution in [1.29, 1.82) is 0 Å². The van der Waals surface area contributed by atoms with Crippen molar-refractivity contribution in [2.24, 2.45) is 17.6 Å². The summed E-state index contributed by atoms with van der Waals surface area (Å²) in [6, 6.07) is 4.02. The molecule has 5 heteroatoms. The van der Waals surface area contributed by atoms with Gasteiger partial charge in [-0.2, -0.15) is 0 Å². The fourth-order valence-corrected chi connectivity index (χ4v) is 3.40. The number of nitrogens with zero attached hydrogens (tertiary/aromatic N) is 2. The smallest absolute Gasteiger partial charge is 0.339 e. The van der Waals surface area contributed by atoms with Crippen LogP contribution in [0.4, 0.5) is 5.82 Å². The van der Waals surface area contributed by atoms with Gasteiger partial charge in [-0.15, -0.1) is 0 Å². The number of hydrogen-bond donors (Lipinski definition) is 1. The van der Waals surface area contributed by atoms with Gasteiger partial charge in [-0.05, 0) is 43.7 Å². The quantitative estimate of drug-likeness (QED) is 0.845. The predicted octanol–water partition coefficient (Wildman–Crippen LogP) is 1.43. The normalized spacial score (nSPS) is 28.5. The maximum Gasteiger partial charge on any atom is 0.339 e. The molecule has 0 bridgehead atoms. The van der Waals surface area contributed by atoms with Crippen LogP contribution < -0.4 is 10.6 Å². The summed E-state index contributed by atoms with van der Waals surface area (Å²) in [5.74, 6) is 1.92. The van der Waals surface area contributed by atoms with Crippen LogP contribution in [0.5, 0.6) is 0 Å². The number of fused-ring (bicyclic) bond motifs is 1. The Balaban J connectivity index is 1.68. The second-order valence-corrected chi connectivity index (χ2v) is 5.70. The van der Waals surface area contributed by atoms with Crippen LogP contribution in [-0.4, -0.2) is 36.7 Å². The molecule has 2 N–H and O–H groups in total. The highest BCUT2D eigenvalue weighted by molar-refractivity contribution is 5.89. The number of carbonyl (C=O) groups is 1. The second kappa shape index (κ2) is 5.40. The van der Waals surface area contributed by atoms with Gasteiger partial charge in [0.2, 0.25) is 0 Å². The lowest BCUT2D eigenvalue weighted by atomic mass is 9.98. The summed E-state index contributed by atoms with van der Waals surface area (Å²) < 4.78 is 4.96. The third-order valence-corrected chi connectivity index (χ3v) is 4.50. The van der Waals surface area contributed by atoms with E-state index in [1.807, 2.05) is 6.07 Å². The van der Waals surface area contributed by atoms with E-state index in [0.29, 0.717) is 30.0 Å². The molecular formula is C15H21N3O2. The molecule has 1 aliphatic heterocycles. The number of anilines is 1. The van der Waals surface area contributed by atoms with Crippen LogP contribution in [0.15, 0.2) is 18.3 Å². The standard InChI is InChI=1S/C15H21N3O2/c1-2-20-15(19)10-4-6-14(17-7-10)18-8-11-3-5-13(16)12(11)9-18/h4,6-7,11-13H,2-3,5,8-9,16H2,1H3. The Labute approximate surface area is 119 Å². The zero-order valence-electron chi connectivity index (χ0n) is 11.8. The molecule has 5 nitrogen and oxygen atoms in total. The number of carbonyl (C=O) groups excluding carboxylic acids is 1. The highest BCUT2D eigenvalue weighted by Gasteiger charge is 2.41. The Morgan fingerprint density at radius 1 is 1.45 bits per heavy atom. The van der Waals surface area contributed by atoms with Gasteiger partial charge < -0.3 is 15.4 Å². The number of pyridine rings is 1. The highest BCUT2D eigenvalue weighted by Crippen LogP contribution is 2.38. The molecule has 3 rings (SSSR count). The van der Waals surface area contributed by atoms with Crippen molar-refractivity contribution in [3.63, 3.8) is 0 Å². The highest BCUT2D eigenvalue weighted by atomic mass is 16.5. The molecule has 2 aliphatic rings. The van der Waals surface area contributed by atoms with Gasteiger partial charge in [-0.3, -0.25) is 0 Å². The summed E-state index contributed by atoms with van der Waals surface area (Å²) in [5.41, 5.74) is 6.66. The molecule has 3 atom stereocenters. The van der Waals surface area contributed by atoms with E-state index in [0.717, 1.165) is 25.3 Å². The average molecular weight is 275 g/mol. The molecule has 0 spiro atoms. The van der Waals surface area contributed by atoms with E-state index in [1.165, 1.54) is 6.42 Å². The SMILES string of the molecule is CCOC(=O)c1ccc(N2CC3CCC(N)C3C2)nc1. The van der Waals surface area contributed by atoms with Gasteiger partial charge in [0.15, 0.2) is 0 Å². The summed E-state index contributed by atoms with van der Waals surface area (Å²) in [6.45, 7) is 4.20. The molecule has 108 valence electrons. The zero-order chi connectivity index (χ0) is 14.1. The van der Waals surface area contributed by atoms with Crippen LogP contribution >= 0.6 is 0 Å². The number of nitrogens with two attached hydrogens (primary N) is 1. The van der Waals surface area contributed by atoms with Gasteiger partial charge in [-0.25, -0.2) is 9.78 Å². The van der Waals surface area contributed by atoms with Crippen LogP contribution in [0.3, 0.4) is 0 Å². The molecule has 1 aromatic rings. The van der Waals surface area contributed by atoms with Gasteiger partial charge >= 0.3 is 5.97 Å². The topological polar surface area (TPSA) is 68.5 Å². The minimum Gasteiger partial charge on any atom is -0.462 e. The van der Waals surface area contributed by atoms with E-state index in [2.05, 4.69) is 9.88 Å². The molecule has 0 aromatic carbocycles. The molecule has 1 aromatic heterocycles. The number of aromatic nitrogens is 1. The van der Waals surface area contributed by atoms with E-state index < -0.39 is 0 Å². The van der Waals surface area contributed by atoms with E-state index >= 15 is 0 Å². The lowest BCUT2D eigenvalue weighted by Crippen LogP contribution is -2.30. The first-order chi connectivity index (χ1) is 9.69. The summed E-state index contributed by atoms with van der Waals surface area (Å²) in [7, 11) is 0. The van der Waals surface area contributed by atoms with Crippen LogP contribution in [-0.2, 0) is 4.74 Å². The fourth-order valence-electron chi connectivity index (χ4n) is 3.40. The predicted molar refractivity (Wildman–Crippen MR) is 76.6 cm³/mol. The van der Waals surface area contributed by atoms with Gasteiger partial charge in [0.05, 0.1) is 12.2 Å². The molecule has 2 fully saturated rings. The third-order valence-electron chi connectivity index (χ3n) is 4.50. The van der Waals surface area contributed by atoms with E-state index in [4.69, 9.17) is 10.5 Å². The van der Waals surface area contributed by atoms with Gasteiger partial charge in [0, 0.05) is 25.3 Å². The van der Waals surface area contributed by atoms with Crippen LogP contribution in [0.1, 0.15) is 30.1 Å². The van der Waals surface area contributed by atoms with Crippen LogP contribution in [0.2, 0.25) is 0 Å². The second-order valence-electron chi connectivity index (χ2n) is 5.70. The Kier molecular flexibility index (Phi) is 3.61. The van der Waals surface area contributed by atoms with Crippen LogP contribution in [0.25, 0.3) is 0 Å². The Bertz CT molecular complexity index is 488. The van der Waals surface area contributed by atoms with Crippen molar-refractivity contribution >= 4 is 11.8 Å². The number of esters is 1. The minimum absolute atomic E-state index is 0.313. The summed E-state index contributed by atoms with van der Waals surface area (Å²) in [5, 5.41) is 0. The van der Waals surface area contributed by atoms with Gasteiger partial charge in [0.25, 0.3) is 0 Å². The minimum atomic E-state index is -0.313. The molecule has 3 unspecified atom stereocenters. The number of ether oxygens (including phenoxy) is 1. The lowest BCUT2D eigenvalue weighted by molar-refractivity contribution is 0.0526. The molecule has 2 heterocycles. The van der Waals surface area contributed by atoms with Crippen molar-refractivity contribution < 1.29 is 9.53 Å². The van der Waals surface area contributed by atoms with E-state index in [9.17, 15) is 4.79 Å². The molecule has 0 radical (unpaired) electrons. The van der Waals surface area contributed by atoms with Crippen LogP contribution in [0, 0.1) is 11.8 Å². The Morgan fingerprint density at radius 3 is 2.95 bits per heavy atom. The van der Waals surface area contributed by atoms with Crippen molar-refractivity contribution in [2.45, 2.75) is 25.8 Å². The Hall–Kier alpha value is -1.62. The van der Waals surface area contributed by atoms with E-state index in [-0.39, 0.29) is 5.97 Å². The molecule has 1 aliphatic carbocycles. The first-order valence-corrected chi connectivity index (χ1v) is 7.32. The largest absolute Gasteiger partial charge is 0.462 e. The van der Waals surface area contributed by atoms with Crippen molar-refractivity contribution in [3.8, 4) is 0 Å². The monoisotopic (exact) mass is 275 g/mol. The number of hydrogen-bond acceptors (Lipinski definition) is 5. The molecular weight excluding hydrogens is 254 g/mol. The van der Waals surface area contributed by atoms with E-state index in [1.54, 1.807) is 19.2 Å². The van der Waals surface area contributed by atoms with Gasteiger partial charge in [-0.1, -0.05) is 0 Å².